The van der Waals surface area contributed by atoms with Crippen LogP contribution in [-0.4, -0.2) is 26.8 Å². The topological polar surface area (TPSA) is 44.8 Å². The predicted octanol–water partition coefficient (Wildman–Crippen LogP) is 2.84. The molecule has 106 valence electrons. The lowest BCUT2D eigenvalue weighted by molar-refractivity contribution is -0.147. The van der Waals surface area contributed by atoms with Crippen LogP contribution in [0, 0.1) is 5.92 Å². The van der Waals surface area contributed by atoms with Crippen LogP contribution in [-0.2, 0) is 16.0 Å². The number of methoxy groups -OCH3 is 2. The standard InChI is InChI=1S/C15H22O4/c1-5-19-15(16)11(2)9-10-12-13(17-3)7-6-8-14(12)18-4/h6-8,11H,5,9-10H2,1-4H3. The molecule has 19 heavy (non-hydrogen) atoms. The molecule has 0 saturated heterocycles. The van der Waals surface area contributed by atoms with Gasteiger partial charge in [-0.2, -0.15) is 0 Å². The molecule has 4 heteroatoms. The van der Waals surface area contributed by atoms with E-state index in [-0.39, 0.29) is 11.9 Å². The van der Waals surface area contributed by atoms with Gasteiger partial charge in [-0.25, -0.2) is 0 Å². The van der Waals surface area contributed by atoms with Gasteiger partial charge in [-0.3, -0.25) is 4.79 Å². The van der Waals surface area contributed by atoms with Crippen LogP contribution >= 0.6 is 0 Å². The highest BCUT2D eigenvalue weighted by Gasteiger charge is 2.17. The summed E-state index contributed by atoms with van der Waals surface area (Å²) in [4.78, 5) is 11.6. The number of ether oxygens (including phenoxy) is 3. The highest BCUT2D eigenvalue weighted by Crippen LogP contribution is 2.30. The van der Waals surface area contributed by atoms with Crippen molar-refractivity contribution in [1.29, 1.82) is 0 Å². The summed E-state index contributed by atoms with van der Waals surface area (Å²) < 4.78 is 15.7. The molecule has 0 amide bonds. The van der Waals surface area contributed by atoms with Gasteiger partial charge in [-0.15, -0.1) is 0 Å². The molecule has 0 fully saturated rings. The van der Waals surface area contributed by atoms with Crippen molar-refractivity contribution in [3.8, 4) is 11.5 Å². The van der Waals surface area contributed by atoms with Crippen LogP contribution in [0.15, 0.2) is 18.2 Å². The Labute approximate surface area is 114 Å². The second kappa shape index (κ2) is 7.67. The molecule has 1 aromatic rings. The first-order chi connectivity index (χ1) is 9.13. The summed E-state index contributed by atoms with van der Waals surface area (Å²) in [6.07, 6.45) is 1.42. The lowest BCUT2D eigenvalue weighted by Crippen LogP contribution is -2.15. The fraction of sp³-hybridized carbons (Fsp3) is 0.533. The third-order valence-corrected chi connectivity index (χ3v) is 3.05. The molecule has 1 atom stereocenters. The lowest BCUT2D eigenvalue weighted by atomic mass is 10.00. The van der Waals surface area contributed by atoms with E-state index >= 15 is 0 Å². The van der Waals surface area contributed by atoms with E-state index in [1.165, 1.54) is 0 Å². The number of esters is 1. The van der Waals surface area contributed by atoms with Crippen molar-refractivity contribution in [2.75, 3.05) is 20.8 Å². The Morgan fingerprint density at radius 3 is 2.26 bits per heavy atom. The summed E-state index contributed by atoms with van der Waals surface area (Å²) in [5.41, 5.74) is 0.989. The number of hydrogen-bond acceptors (Lipinski definition) is 4. The smallest absolute Gasteiger partial charge is 0.308 e. The predicted molar refractivity (Wildman–Crippen MR) is 73.7 cm³/mol. The van der Waals surface area contributed by atoms with Crippen LogP contribution in [0.1, 0.15) is 25.8 Å². The number of rotatable bonds is 7. The molecule has 0 aliphatic rings. The first-order valence-electron chi connectivity index (χ1n) is 6.50. The summed E-state index contributed by atoms with van der Waals surface area (Å²) in [7, 11) is 3.26. The molecule has 0 aliphatic carbocycles. The van der Waals surface area contributed by atoms with E-state index in [9.17, 15) is 4.79 Å². The molecule has 4 nitrogen and oxygen atoms in total. The first-order valence-corrected chi connectivity index (χ1v) is 6.50. The summed E-state index contributed by atoms with van der Waals surface area (Å²) in [6.45, 7) is 4.11. The van der Waals surface area contributed by atoms with Crippen LogP contribution in [0.25, 0.3) is 0 Å². The van der Waals surface area contributed by atoms with E-state index < -0.39 is 0 Å². The molecular formula is C15H22O4. The zero-order chi connectivity index (χ0) is 14.3. The highest BCUT2D eigenvalue weighted by atomic mass is 16.5. The van der Waals surface area contributed by atoms with Gasteiger partial charge in [0, 0.05) is 5.56 Å². The molecule has 0 N–H and O–H groups in total. The van der Waals surface area contributed by atoms with Crippen LogP contribution in [0.3, 0.4) is 0 Å². The van der Waals surface area contributed by atoms with E-state index in [2.05, 4.69) is 0 Å². The number of carbonyl (C=O) groups excluding carboxylic acids is 1. The quantitative estimate of drug-likeness (QED) is 0.712. The van der Waals surface area contributed by atoms with Gasteiger partial charge in [0.1, 0.15) is 11.5 Å². The minimum absolute atomic E-state index is 0.130. The van der Waals surface area contributed by atoms with E-state index in [0.29, 0.717) is 19.4 Å². The van der Waals surface area contributed by atoms with Crippen LogP contribution in [0.5, 0.6) is 11.5 Å². The maximum Gasteiger partial charge on any atom is 0.308 e. The van der Waals surface area contributed by atoms with Crippen molar-refractivity contribution in [1.82, 2.24) is 0 Å². The highest BCUT2D eigenvalue weighted by molar-refractivity contribution is 5.72. The van der Waals surface area contributed by atoms with E-state index in [1.54, 1.807) is 14.2 Å². The Hall–Kier alpha value is -1.71. The third-order valence-electron chi connectivity index (χ3n) is 3.05. The molecule has 0 saturated carbocycles. The zero-order valence-electron chi connectivity index (χ0n) is 12.1. The summed E-state index contributed by atoms with van der Waals surface area (Å²) >= 11 is 0. The molecule has 1 rings (SSSR count). The van der Waals surface area contributed by atoms with Crippen LogP contribution in [0.4, 0.5) is 0 Å². The molecule has 1 unspecified atom stereocenters. The molecular weight excluding hydrogens is 244 g/mol. The lowest BCUT2D eigenvalue weighted by Gasteiger charge is -2.15. The zero-order valence-corrected chi connectivity index (χ0v) is 12.1. The van der Waals surface area contributed by atoms with Crippen LogP contribution in [0.2, 0.25) is 0 Å². The van der Waals surface area contributed by atoms with Gasteiger partial charge in [0.25, 0.3) is 0 Å². The summed E-state index contributed by atoms with van der Waals surface area (Å²) in [6, 6.07) is 5.68. The summed E-state index contributed by atoms with van der Waals surface area (Å²) in [5.74, 6) is 1.29. The Morgan fingerprint density at radius 1 is 1.21 bits per heavy atom. The maximum absolute atomic E-state index is 11.6. The Bertz CT molecular complexity index is 392. The molecule has 0 spiro atoms. The Morgan fingerprint density at radius 2 is 1.79 bits per heavy atom. The second-order valence-corrected chi connectivity index (χ2v) is 4.33. The largest absolute Gasteiger partial charge is 0.496 e. The fourth-order valence-corrected chi connectivity index (χ4v) is 1.94. The van der Waals surface area contributed by atoms with Crippen molar-refractivity contribution < 1.29 is 19.0 Å². The maximum atomic E-state index is 11.6. The van der Waals surface area contributed by atoms with Gasteiger partial charge in [-0.05, 0) is 31.9 Å². The SMILES string of the molecule is CCOC(=O)C(C)CCc1c(OC)cccc1OC. The summed E-state index contributed by atoms with van der Waals surface area (Å²) in [5, 5.41) is 0. The van der Waals surface area contributed by atoms with E-state index in [4.69, 9.17) is 14.2 Å². The van der Waals surface area contributed by atoms with Gasteiger partial charge >= 0.3 is 5.97 Å². The average molecular weight is 266 g/mol. The normalized spacial score (nSPS) is 11.8. The van der Waals surface area contributed by atoms with Crippen molar-refractivity contribution in [3.63, 3.8) is 0 Å². The fourth-order valence-electron chi connectivity index (χ4n) is 1.94. The average Bonchev–Trinajstić information content (AvgIpc) is 2.44. The Balaban J connectivity index is 2.73. The number of carbonyl (C=O) groups is 1. The van der Waals surface area contributed by atoms with Crippen molar-refractivity contribution in [2.45, 2.75) is 26.7 Å². The molecule has 1 aromatic carbocycles. The van der Waals surface area contributed by atoms with Gasteiger partial charge < -0.3 is 14.2 Å². The third kappa shape index (κ3) is 4.16. The van der Waals surface area contributed by atoms with E-state index in [1.807, 2.05) is 32.0 Å². The number of hydrogen-bond donors (Lipinski definition) is 0. The van der Waals surface area contributed by atoms with Gasteiger partial charge in [-0.1, -0.05) is 13.0 Å². The van der Waals surface area contributed by atoms with Gasteiger partial charge in [0.2, 0.25) is 0 Å². The first kappa shape index (κ1) is 15.3. The van der Waals surface area contributed by atoms with Crippen molar-refractivity contribution >= 4 is 5.97 Å². The monoisotopic (exact) mass is 266 g/mol. The number of benzene rings is 1. The van der Waals surface area contributed by atoms with Crippen molar-refractivity contribution in [3.05, 3.63) is 23.8 Å². The van der Waals surface area contributed by atoms with E-state index in [0.717, 1.165) is 17.1 Å². The molecule has 0 aliphatic heterocycles. The molecule has 0 heterocycles. The van der Waals surface area contributed by atoms with Gasteiger partial charge in [0.05, 0.1) is 26.7 Å². The molecule has 0 radical (unpaired) electrons. The second-order valence-electron chi connectivity index (χ2n) is 4.33. The van der Waals surface area contributed by atoms with Crippen molar-refractivity contribution in [2.24, 2.45) is 5.92 Å². The minimum Gasteiger partial charge on any atom is -0.496 e. The molecule has 0 aromatic heterocycles. The Kier molecular flexibility index (Phi) is 6.19. The minimum atomic E-state index is -0.156. The van der Waals surface area contributed by atoms with Gasteiger partial charge in [0.15, 0.2) is 0 Å². The molecule has 0 bridgehead atoms. The van der Waals surface area contributed by atoms with Crippen LogP contribution < -0.4 is 9.47 Å².